The van der Waals surface area contributed by atoms with Crippen molar-refractivity contribution in [2.24, 2.45) is 4.99 Å². The van der Waals surface area contributed by atoms with Crippen LogP contribution in [0.1, 0.15) is 22.4 Å². The molecular formula is C21H16ClFN2O2. The highest BCUT2D eigenvalue weighted by atomic mass is 35.5. The van der Waals surface area contributed by atoms with Crippen molar-refractivity contribution in [3.8, 4) is 11.1 Å². The highest BCUT2D eigenvalue weighted by Gasteiger charge is 2.25. The van der Waals surface area contributed by atoms with E-state index in [0.717, 1.165) is 27.9 Å². The van der Waals surface area contributed by atoms with E-state index in [-0.39, 0.29) is 18.2 Å². The van der Waals surface area contributed by atoms with Crippen molar-refractivity contribution in [2.45, 2.75) is 13.0 Å². The van der Waals surface area contributed by atoms with Crippen LogP contribution in [-0.2, 0) is 22.5 Å². The van der Waals surface area contributed by atoms with Crippen molar-refractivity contribution in [3.63, 3.8) is 0 Å². The SMILES string of the molecule is COC(=O)Cc1[nH]cc2c1-c1ccc(Cl)cc1C(c1ccccc1F)=NC2. The van der Waals surface area contributed by atoms with E-state index in [9.17, 15) is 9.18 Å². The molecule has 0 radical (unpaired) electrons. The second kappa shape index (κ2) is 7.00. The minimum absolute atomic E-state index is 0.114. The average molecular weight is 383 g/mol. The van der Waals surface area contributed by atoms with Gasteiger partial charge in [0.15, 0.2) is 0 Å². The van der Waals surface area contributed by atoms with E-state index in [0.29, 0.717) is 22.8 Å². The van der Waals surface area contributed by atoms with Crippen molar-refractivity contribution >= 4 is 23.3 Å². The number of hydrogen-bond donors (Lipinski definition) is 1. The molecule has 0 fully saturated rings. The predicted molar refractivity (Wildman–Crippen MR) is 103 cm³/mol. The lowest BCUT2D eigenvalue weighted by Crippen LogP contribution is -2.08. The third kappa shape index (κ3) is 3.15. The van der Waals surface area contributed by atoms with Crippen LogP contribution in [0.25, 0.3) is 11.1 Å². The maximum Gasteiger partial charge on any atom is 0.311 e. The van der Waals surface area contributed by atoms with Crippen LogP contribution in [-0.4, -0.2) is 23.8 Å². The quantitative estimate of drug-likeness (QED) is 0.676. The number of aliphatic imine (C=N–C) groups is 1. The van der Waals surface area contributed by atoms with Crippen LogP contribution >= 0.6 is 11.6 Å². The number of carbonyl (C=O) groups excluding carboxylic acids is 1. The lowest BCUT2D eigenvalue weighted by atomic mass is 9.92. The van der Waals surface area contributed by atoms with Crippen LogP contribution in [0.15, 0.2) is 53.7 Å². The van der Waals surface area contributed by atoms with Crippen LogP contribution in [0.4, 0.5) is 4.39 Å². The zero-order chi connectivity index (χ0) is 19.0. The van der Waals surface area contributed by atoms with Crippen molar-refractivity contribution in [3.05, 3.63) is 81.9 Å². The number of esters is 1. The van der Waals surface area contributed by atoms with Gasteiger partial charge in [-0.05, 0) is 35.4 Å². The minimum Gasteiger partial charge on any atom is -0.469 e. The van der Waals surface area contributed by atoms with Crippen LogP contribution in [0.3, 0.4) is 0 Å². The number of nitrogens with zero attached hydrogens (tertiary/aromatic N) is 1. The molecule has 1 aliphatic heterocycles. The second-order valence-corrected chi connectivity index (χ2v) is 6.69. The summed E-state index contributed by atoms with van der Waals surface area (Å²) in [4.78, 5) is 19.6. The lowest BCUT2D eigenvalue weighted by molar-refractivity contribution is -0.139. The van der Waals surface area contributed by atoms with E-state index >= 15 is 0 Å². The van der Waals surface area contributed by atoms with Gasteiger partial charge < -0.3 is 9.72 Å². The molecule has 136 valence electrons. The number of halogens is 2. The largest absolute Gasteiger partial charge is 0.469 e. The molecule has 0 saturated carbocycles. The Hall–Kier alpha value is -2.92. The minimum atomic E-state index is -0.342. The standard InChI is InChI=1S/C21H16ClFN2O2/c1-27-19(26)9-18-20-12(10-24-18)11-25-21(15-4-2-3-5-17(15)23)16-8-13(22)6-7-14(16)20/h2-8,10,24H,9,11H2,1H3. The Morgan fingerprint density at radius 3 is 2.81 bits per heavy atom. The molecule has 0 saturated heterocycles. The highest BCUT2D eigenvalue weighted by molar-refractivity contribution is 6.31. The molecule has 2 heterocycles. The fourth-order valence-electron chi connectivity index (χ4n) is 3.39. The molecule has 0 bridgehead atoms. The third-order valence-electron chi connectivity index (χ3n) is 4.63. The number of ether oxygens (including phenoxy) is 1. The maximum atomic E-state index is 14.5. The van der Waals surface area contributed by atoms with Crippen molar-refractivity contribution in [2.75, 3.05) is 7.11 Å². The molecule has 4 nitrogen and oxygen atoms in total. The van der Waals surface area contributed by atoms with Crippen molar-refractivity contribution < 1.29 is 13.9 Å². The number of benzene rings is 2. The molecule has 0 unspecified atom stereocenters. The Morgan fingerprint density at radius 1 is 1.22 bits per heavy atom. The normalized spacial score (nSPS) is 12.6. The fourth-order valence-corrected chi connectivity index (χ4v) is 3.56. The molecular weight excluding hydrogens is 367 g/mol. The van der Waals surface area contributed by atoms with Gasteiger partial charge in [0, 0.05) is 33.6 Å². The van der Waals surface area contributed by atoms with E-state index in [1.54, 1.807) is 30.3 Å². The average Bonchev–Trinajstić information content (AvgIpc) is 2.98. The molecule has 0 spiro atoms. The Morgan fingerprint density at radius 2 is 2.04 bits per heavy atom. The van der Waals surface area contributed by atoms with Gasteiger partial charge in [-0.3, -0.25) is 9.79 Å². The van der Waals surface area contributed by atoms with Crippen molar-refractivity contribution in [1.29, 1.82) is 0 Å². The molecule has 0 amide bonds. The lowest BCUT2D eigenvalue weighted by Gasteiger charge is -2.13. The Kier molecular flexibility index (Phi) is 4.54. The molecule has 27 heavy (non-hydrogen) atoms. The number of hydrogen-bond acceptors (Lipinski definition) is 3. The number of fused-ring (bicyclic) bond motifs is 3. The first-order valence-corrected chi connectivity index (χ1v) is 8.82. The second-order valence-electron chi connectivity index (χ2n) is 6.25. The number of aromatic nitrogens is 1. The molecule has 3 aromatic rings. The zero-order valence-electron chi connectivity index (χ0n) is 14.6. The predicted octanol–water partition coefficient (Wildman–Crippen LogP) is 4.54. The first-order chi connectivity index (χ1) is 13.1. The summed E-state index contributed by atoms with van der Waals surface area (Å²) in [5.74, 6) is -0.681. The first kappa shape index (κ1) is 17.5. The van der Waals surface area contributed by atoms with Gasteiger partial charge in [-0.15, -0.1) is 0 Å². The smallest absolute Gasteiger partial charge is 0.311 e. The fraction of sp³-hybridized carbons (Fsp3) is 0.143. The number of aromatic amines is 1. The molecule has 1 N–H and O–H groups in total. The van der Waals surface area contributed by atoms with E-state index < -0.39 is 0 Å². The number of carbonyl (C=O) groups is 1. The Labute approximate surface area is 160 Å². The van der Waals surface area contributed by atoms with Gasteiger partial charge in [0.05, 0.1) is 25.8 Å². The van der Waals surface area contributed by atoms with Gasteiger partial charge in [0.25, 0.3) is 0 Å². The topological polar surface area (TPSA) is 54.5 Å². The van der Waals surface area contributed by atoms with E-state index in [1.165, 1.54) is 13.2 Å². The molecule has 4 rings (SSSR count). The molecule has 1 aromatic heterocycles. The van der Waals surface area contributed by atoms with Crippen LogP contribution < -0.4 is 0 Å². The molecule has 6 heteroatoms. The third-order valence-corrected chi connectivity index (χ3v) is 4.87. The number of nitrogens with one attached hydrogen (secondary N) is 1. The Bertz CT molecular complexity index is 1070. The first-order valence-electron chi connectivity index (χ1n) is 8.44. The van der Waals surface area contributed by atoms with Crippen LogP contribution in [0.2, 0.25) is 5.02 Å². The summed E-state index contributed by atoms with van der Waals surface area (Å²) in [5.41, 5.74) is 5.12. The van der Waals surface area contributed by atoms with Crippen LogP contribution in [0, 0.1) is 5.82 Å². The molecule has 1 aliphatic rings. The summed E-state index contributed by atoms with van der Waals surface area (Å²) < 4.78 is 19.3. The molecule has 2 aromatic carbocycles. The number of methoxy groups -OCH3 is 1. The molecule has 0 aliphatic carbocycles. The van der Waals surface area contributed by atoms with Gasteiger partial charge in [0.2, 0.25) is 0 Å². The highest BCUT2D eigenvalue weighted by Crippen LogP contribution is 2.37. The van der Waals surface area contributed by atoms with Gasteiger partial charge in [0.1, 0.15) is 5.82 Å². The summed E-state index contributed by atoms with van der Waals surface area (Å²) in [7, 11) is 1.36. The van der Waals surface area contributed by atoms with E-state index in [2.05, 4.69) is 9.98 Å². The summed E-state index contributed by atoms with van der Waals surface area (Å²) in [6, 6.07) is 12.0. The molecule has 0 atom stereocenters. The van der Waals surface area contributed by atoms with Crippen molar-refractivity contribution in [1.82, 2.24) is 4.98 Å². The summed E-state index contributed by atoms with van der Waals surface area (Å²) in [6.45, 7) is 0.364. The van der Waals surface area contributed by atoms with Gasteiger partial charge in [-0.2, -0.15) is 0 Å². The van der Waals surface area contributed by atoms with Gasteiger partial charge in [-0.1, -0.05) is 29.8 Å². The number of rotatable bonds is 3. The van der Waals surface area contributed by atoms with E-state index in [1.807, 2.05) is 12.3 Å². The summed E-state index contributed by atoms with van der Waals surface area (Å²) in [5, 5.41) is 0.534. The zero-order valence-corrected chi connectivity index (χ0v) is 15.3. The van der Waals surface area contributed by atoms with Gasteiger partial charge in [-0.25, -0.2) is 4.39 Å². The summed E-state index contributed by atoms with van der Waals surface area (Å²) >= 11 is 6.24. The Balaban J connectivity index is 1.93. The van der Waals surface area contributed by atoms with E-state index in [4.69, 9.17) is 16.3 Å². The monoisotopic (exact) mass is 382 g/mol. The maximum absolute atomic E-state index is 14.5. The summed E-state index contributed by atoms with van der Waals surface area (Å²) in [6.07, 6.45) is 1.95. The van der Waals surface area contributed by atoms with Gasteiger partial charge >= 0.3 is 5.97 Å². The van der Waals surface area contributed by atoms with Crippen LogP contribution in [0.5, 0.6) is 0 Å². The number of H-pyrrole nitrogens is 1.